The number of nitrogens with one attached hydrogen (secondary N) is 1. The van der Waals surface area contributed by atoms with Gasteiger partial charge in [-0.05, 0) is 44.9 Å². The van der Waals surface area contributed by atoms with Crippen molar-refractivity contribution in [2.75, 3.05) is 5.32 Å². The molecule has 0 radical (unpaired) electrons. The van der Waals surface area contributed by atoms with E-state index in [9.17, 15) is 9.59 Å². The Morgan fingerprint density at radius 2 is 1.88 bits per heavy atom. The van der Waals surface area contributed by atoms with Crippen LogP contribution in [-0.4, -0.2) is 26.8 Å². The number of rotatable bonds is 5. The third kappa shape index (κ3) is 4.44. The Balaban J connectivity index is 2.02. The van der Waals surface area contributed by atoms with Crippen LogP contribution in [-0.2, 0) is 16.8 Å². The molecule has 6 heteroatoms. The summed E-state index contributed by atoms with van der Waals surface area (Å²) in [4.78, 5) is 23.1. The highest BCUT2D eigenvalue weighted by atomic mass is 16.4. The van der Waals surface area contributed by atoms with Crippen molar-refractivity contribution in [2.45, 2.75) is 39.7 Å². The lowest BCUT2D eigenvalue weighted by Crippen LogP contribution is -2.22. The molecule has 0 aliphatic heterocycles. The van der Waals surface area contributed by atoms with Crippen molar-refractivity contribution in [3.8, 4) is 0 Å². The standard InChI is InChI=1S/C18H23N3O3/c1-12(17(23)24)9-13-5-7-15(8-6-13)20-16(22)14-10-19-21(11-14)18(2,3)4/h5-8,10-12H,9H2,1-4H3,(H,20,22)(H,23,24). The number of benzene rings is 1. The number of nitrogens with zero attached hydrogens (tertiary/aromatic N) is 2. The van der Waals surface area contributed by atoms with E-state index in [-0.39, 0.29) is 11.4 Å². The minimum Gasteiger partial charge on any atom is -0.481 e. The maximum atomic E-state index is 12.3. The van der Waals surface area contributed by atoms with Crippen LogP contribution in [0.5, 0.6) is 0 Å². The normalized spacial score (nSPS) is 12.7. The van der Waals surface area contributed by atoms with Gasteiger partial charge in [0, 0.05) is 11.9 Å². The van der Waals surface area contributed by atoms with Crippen molar-refractivity contribution in [2.24, 2.45) is 5.92 Å². The molecule has 0 fully saturated rings. The first-order valence-corrected chi connectivity index (χ1v) is 7.85. The molecule has 1 atom stereocenters. The molecule has 0 aliphatic carbocycles. The molecule has 2 aromatic rings. The summed E-state index contributed by atoms with van der Waals surface area (Å²) < 4.78 is 1.75. The molecule has 6 nitrogen and oxygen atoms in total. The summed E-state index contributed by atoms with van der Waals surface area (Å²) in [5.74, 6) is -1.48. The minimum atomic E-state index is -0.816. The van der Waals surface area contributed by atoms with Crippen molar-refractivity contribution in [3.05, 3.63) is 47.8 Å². The quantitative estimate of drug-likeness (QED) is 0.882. The number of hydrogen-bond donors (Lipinski definition) is 2. The Hall–Kier alpha value is -2.63. The summed E-state index contributed by atoms with van der Waals surface area (Å²) in [5.41, 5.74) is 1.90. The van der Waals surface area contributed by atoms with Crippen LogP contribution in [0, 0.1) is 5.92 Å². The van der Waals surface area contributed by atoms with Crippen LogP contribution in [0.4, 0.5) is 5.69 Å². The van der Waals surface area contributed by atoms with Crippen molar-refractivity contribution in [1.29, 1.82) is 0 Å². The molecule has 1 unspecified atom stereocenters. The third-order valence-electron chi connectivity index (χ3n) is 3.71. The fourth-order valence-corrected chi connectivity index (χ4v) is 2.18. The largest absolute Gasteiger partial charge is 0.481 e. The van der Waals surface area contributed by atoms with E-state index in [0.29, 0.717) is 17.7 Å². The van der Waals surface area contributed by atoms with Crippen LogP contribution < -0.4 is 5.32 Å². The third-order valence-corrected chi connectivity index (χ3v) is 3.71. The lowest BCUT2D eigenvalue weighted by molar-refractivity contribution is -0.141. The molecule has 0 bridgehead atoms. The average molecular weight is 329 g/mol. The van der Waals surface area contributed by atoms with Gasteiger partial charge in [0.15, 0.2) is 0 Å². The topological polar surface area (TPSA) is 84.2 Å². The van der Waals surface area contributed by atoms with Crippen molar-refractivity contribution >= 4 is 17.6 Å². The van der Waals surface area contributed by atoms with Crippen molar-refractivity contribution in [3.63, 3.8) is 0 Å². The van der Waals surface area contributed by atoms with Gasteiger partial charge in [0.2, 0.25) is 0 Å². The van der Waals surface area contributed by atoms with Crippen LogP contribution in [0.2, 0.25) is 0 Å². The van der Waals surface area contributed by atoms with E-state index in [1.165, 1.54) is 0 Å². The highest BCUT2D eigenvalue weighted by molar-refractivity contribution is 6.03. The molecular formula is C18H23N3O3. The molecular weight excluding hydrogens is 306 g/mol. The van der Waals surface area contributed by atoms with Gasteiger partial charge in [-0.15, -0.1) is 0 Å². The van der Waals surface area contributed by atoms with Gasteiger partial charge in [-0.3, -0.25) is 14.3 Å². The molecule has 24 heavy (non-hydrogen) atoms. The second-order valence-corrected chi connectivity index (χ2v) is 6.94. The Bertz CT molecular complexity index is 727. The molecule has 0 saturated heterocycles. The zero-order valence-electron chi connectivity index (χ0n) is 14.4. The molecule has 1 aromatic carbocycles. The number of aliphatic carboxylic acids is 1. The van der Waals surface area contributed by atoms with Gasteiger partial charge in [-0.2, -0.15) is 5.10 Å². The monoisotopic (exact) mass is 329 g/mol. The lowest BCUT2D eigenvalue weighted by Gasteiger charge is -2.18. The first-order valence-electron chi connectivity index (χ1n) is 7.85. The minimum absolute atomic E-state index is 0.180. The Morgan fingerprint density at radius 1 is 1.25 bits per heavy atom. The summed E-state index contributed by atoms with van der Waals surface area (Å²) in [6, 6.07) is 7.20. The number of carbonyl (C=O) groups excluding carboxylic acids is 1. The first kappa shape index (κ1) is 17.7. The van der Waals surface area contributed by atoms with Crippen molar-refractivity contribution in [1.82, 2.24) is 9.78 Å². The van der Waals surface area contributed by atoms with Crippen LogP contribution in [0.15, 0.2) is 36.7 Å². The number of amides is 1. The Labute approximate surface area is 141 Å². The maximum absolute atomic E-state index is 12.3. The predicted molar refractivity (Wildman–Crippen MR) is 92.1 cm³/mol. The van der Waals surface area contributed by atoms with E-state index in [0.717, 1.165) is 5.56 Å². The molecule has 128 valence electrons. The van der Waals surface area contributed by atoms with E-state index >= 15 is 0 Å². The van der Waals surface area contributed by atoms with Gasteiger partial charge in [0.25, 0.3) is 5.91 Å². The number of hydrogen-bond acceptors (Lipinski definition) is 3. The number of aromatic nitrogens is 2. The molecule has 2 rings (SSSR count). The maximum Gasteiger partial charge on any atom is 0.306 e. The molecule has 2 N–H and O–H groups in total. The zero-order chi connectivity index (χ0) is 17.9. The Kier molecular flexibility index (Phi) is 5.07. The van der Waals surface area contributed by atoms with E-state index in [4.69, 9.17) is 5.11 Å². The van der Waals surface area contributed by atoms with Gasteiger partial charge < -0.3 is 10.4 Å². The second-order valence-electron chi connectivity index (χ2n) is 6.94. The van der Waals surface area contributed by atoms with Crippen LogP contribution in [0.3, 0.4) is 0 Å². The first-order chi connectivity index (χ1) is 11.2. The predicted octanol–water partition coefficient (Wildman–Crippen LogP) is 3.15. The molecule has 1 amide bonds. The summed E-state index contributed by atoms with van der Waals surface area (Å²) in [6.07, 6.45) is 3.73. The summed E-state index contributed by atoms with van der Waals surface area (Å²) in [5, 5.41) is 16.0. The Morgan fingerprint density at radius 3 is 2.38 bits per heavy atom. The molecule has 0 saturated carbocycles. The van der Waals surface area contributed by atoms with Gasteiger partial charge in [-0.25, -0.2) is 0 Å². The summed E-state index contributed by atoms with van der Waals surface area (Å²) in [7, 11) is 0. The number of carboxylic acids is 1. The smallest absolute Gasteiger partial charge is 0.306 e. The lowest BCUT2D eigenvalue weighted by atomic mass is 10.0. The fraction of sp³-hybridized carbons (Fsp3) is 0.389. The molecule has 1 aromatic heterocycles. The SMILES string of the molecule is CC(Cc1ccc(NC(=O)c2cnn(C(C)(C)C)c2)cc1)C(=O)O. The average Bonchev–Trinajstić information content (AvgIpc) is 2.99. The van der Waals surface area contributed by atoms with Crippen LogP contribution in [0.1, 0.15) is 43.6 Å². The van der Waals surface area contributed by atoms with Gasteiger partial charge in [-0.1, -0.05) is 19.1 Å². The zero-order valence-corrected chi connectivity index (χ0v) is 14.4. The van der Waals surface area contributed by atoms with E-state index in [2.05, 4.69) is 10.4 Å². The highest BCUT2D eigenvalue weighted by Crippen LogP contribution is 2.16. The number of carboxylic acid groups (broad SMARTS) is 1. The molecule has 0 spiro atoms. The van der Waals surface area contributed by atoms with Gasteiger partial charge >= 0.3 is 5.97 Å². The molecule has 1 heterocycles. The number of carbonyl (C=O) groups is 2. The summed E-state index contributed by atoms with van der Waals surface area (Å²) in [6.45, 7) is 7.71. The molecule has 0 aliphatic rings. The second kappa shape index (κ2) is 6.86. The fourth-order valence-electron chi connectivity index (χ4n) is 2.18. The number of anilines is 1. The van der Waals surface area contributed by atoms with Crippen LogP contribution >= 0.6 is 0 Å². The van der Waals surface area contributed by atoms with Gasteiger partial charge in [0.1, 0.15) is 0 Å². The van der Waals surface area contributed by atoms with Crippen molar-refractivity contribution < 1.29 is 14.7 Å². The van der Waals surface area contributed by atoms with Gasteiger partial charge in [0.05, 0.1) is 23.2 Å². The van der Waals surface area contributed by atoms with Crippen LogP contribution in [0.25, 0.3) is 0 Å². The van der Waals surface area contributed by atoms with E-state index in [1.807, 2.05) is 32.9 Å². The van der Waals surface area contributed by atoms with E-state index < -0.39 is 11.9 Å². The highest BCUT2D eigenvalue weighted by Gasteiger charge is 2.17. The summed E-state index contributed by atoms with van der Waals surface area (Å²) >= 11 is 0. The van der Waals surface area contributed by atoms with E-state index in [1.54, 1.807) is 36.1 Å².